The van der Waals surface area contributed by atoms with Gasteiger partial charge >= 0.3 is 6.36 Å². The number of hydrogen-bond donors (Lipinski definition) is 0. The van der Waals surface area contributed by atoms with Gasteiger partial charge in [-0.1, -0.05) is 70.5 Å². The number of aliphatic imine (C=N–C) groups is 1. The lowest BCUT2D eigenvalue weighted by molar-refractivity contribution is -0.274. The molecule has 2 nitrogen and oxygen atoms in total. The van der Waals surface area contributed by atoms with Gasteiger partial charge in [0.1, 0.15) is 17.4 Å². The van der Waals surface area contributed by atoms with Crippen LogP contribution in [0.25, 0.3) is 17.2 Å². The van der Waals surface area contributed by atoms with Gasteiger partial charge in [-0.15, -0.1) is 13.2 Å². The molecular formula is C30H19BrF5NO. The third-order valence-corrected chi connectivity index (χ3v) is 6.66. The summed E-state index contributed by atoms with van der Waals surface area (Å²) in [6.07, 6.45) is -2.42. The lowest BCUT2D eigenvalue weighted by atomic mass is 9.95. The smallest absolute Gasteiger partial charge is 0.406 e. The summed E-state index contributed by atoms with van der Waals surface area (Å²) in [7, 11) is 0. The molecule has 4 aromatic rings. The Balaban J connectivity index is 1.45. The van der Waals surface area contributed by atoms with Gasteiger partial charge in [0.05, 0.1) is 17.3 Å². The number of benzene rings is 4. The number of alkyl halides is 3. The van der Waals surface area contributed by atoms with Crippen LogP contribution in [0.3, 0.4) is 0 Å². The number of nitrogens with zero attached hydrogens (tertiary/aromatic N) is 1. The summed E-state index contributed by atoms with van der Waals surface area (Å²) in [6.45, 7) is 0. The Morgan fingerprint density at radius 3 is 1.95 bits per heavy atom. The molecule has 0 aromatic heterocycles. The van der Waals surface area contributed by atoms with Crippen LogP contribution in [0.5, 0.6) is 5.75 Å². The van der Waals surface area contributed by atoms with Crippen LogP contribution in [0.2, 0.25) is 0 Å². The van der Waals surface area contributed by atoms with Crippen molar-refractivity contribution >= 4 is 27.7 Å². The highest BCUT2D eigenvalue weighted by Crippen LogP contribution is 2.38. The van der Waals surface area contributed by atoms with E-state index in [4.69, 9.17) is 4.99 Å². The maximum atomic E-state index is 14.7. The number of ether oxygens (including phenoxy) is 1. The molecule has 0 bridgehead atoms. The third-order valence-electron chi connectivity index (χ3n) is 6.13. The van der Waals surface area contributed by atoms with Crippen molar-refractivity contribution in [3.8, 4) is 16.9 Å². The second-order valence-electron chi connectivity index (χ2n) is 8.71. The van der Waals surface area contributed by atoms with Crippen LogP contribution < -0.4 is 4.74 Å². The Hall–Kier alpha value is -3.78. The quantitative estimate of drug-likeness (QED) is 0.214. The summed E-state index contributed by atoms with van der Waals surface area (Å²) in [5, 5.41) is 0. The van der Waals surface area contributed by atoms with Crippen molar-refractivity contribution in [3.63, 3.8) is 0 Å². The summed E-state index contributed by atoms with van der Waals surface area (Å²) < 4.78 is 71.6. The largest absolute Gasteiger partial charge is 0.573 e. The summed E-state index contributed by atoms with van der Waals surface area (Å²) in [6, 6.07) is 24.0. The predicted octanol–water partition coefficient (Wildman–Crippen LogP) is 9.31. The van der Waals surface area contributed by atoms with E-state index in [0.717, 1.165) is 21.2 Å². The molecule has 0 fully saturated rings. The maximum Gasteiger partial charge on any atom is 0.573 e. The Morgan fingerprint density at radius 1 is 0.789 bits per heavy atom. The van der Waals surface area contributed by atoms with Gasteiger partial charge in [0.25, 0.3) is 0 Å². The lowest BCUT2D eigenvalue weighted by Crippen LogP contribution is -2.16. The monoisotopic (exact) mass is 583 g/mol. The molecule has 4 aromatic carbocycles. The van der Waals surface area contributed by atoms with Crippen molar-refractivity contribution < 1.29 is 26.7 Å². The zero-order valence-corrected chi connectivity index (χ0v) is 21.2. The molecular weight excluding hydrogens is 565 g/mol. The minimum atomic E-state index is -4.75. The third kappa shape index (κ3) is 5.86. The zero-order valence-electron chi connectivity index (χ0n) is 19.6. The molecule has 0 spiro atoms. The van der Waals surface area contributed by atoms with E-state index in [1.54, 1.807) is 12.1 Å². The van der Waals surface area contributed by atoms with Crippen LogP contribution in [-0.4, -0.2) is 12.1 Å². The van der Waals surface area contributed by atoms with Crippen LogP contribution in [0.4, 0.5) is 22.0 Å². The molecule has 0 saturated carbocycles. The zero-order chi connectivity index (χ0) is 26.9. The van der Waals surface area contributed by atoms with Crippen molar-refractivity contribution in [2.45, 2.75) is 18.8 Å². The van der Waals surface area contributed by atoms with Crippen LogP contribution >= 0.6 is 15.9 Å². The highest BCUT2D eigenvalue weighted by Gasteiger charge is 2.31. The Bertz CT molecular complexity index is 1490. The maximum absolute atomic E-state index is 14.7. The lowest BCUT2D eigenvalue weighted by Gasteiger charge is -2.11. The highest BCUT2D eigenvalue weighted by molar-refractivity contribution is 9.10. The molecule has 1 heterocycles. The second kappa shape index (κ2) is 10.5. The van der Waals surface area contributed by atoms with E-state index < -0.39 is 18.0 Å². The van der Waals surface area contributed by atoms with E-state index in [1.165, 1.54) is 30.3 Å². The van der Waals surface area contributed by atoms with Gasteiger partial charge in [-0.25, -0.2) is 8.78 Å². The number of rotatable bonds is 5. The van der Waals surface area contributed by atoms with Gasteiger partial charge in [-0.05, 0) is 70.3 Å². The van der Waals surface area contributed by atoms with Crippen molar-refractivity contribution in [3.05, 3.63) is 129 Å². The van der Waals surface area contributed by atoms with Crippen molar-refractivity contribution in [2.75, 3.05) is 0 Å². The van der Waals surface area contributed by atoms with Crippen LogP contribution in [0, 0.1) is 11.6 Å². The van der Waals surface area contributed by atoms with E-state index in [-0.39, 0.29) is 23.1 Å². The minimum absolute atomic E-state index is 0.156. The SMILES string of the molecule is Fc1cccc(F)c1C1=NC(c2ccc(-c3ccc(OC(F)(F)F)cc3)cc2)CC1=Cc1ccc(Br)cc1. The Labute approximate surface area is 224 Å². The van der Waals surface area contributed by atoms with E-state index >= 15 is 0 Å². The summed E-state index contributed by atoms with van der Waals surface area (Å²) in [5.41, 5.74) is 4.06. The van der Waals surface area contributed by atoms with Gasteiger partial charge in [-0.2, -0.15) is 0 Å². The first-order chi connectivity index (χ1) is 18.2. The summed E-state index contributed by atoms with van der Waals surface area (Å²) in [4.78, 5) is 4.73. The molecule has 0 radical (unpaired) electrons. The fraction of sp³-hybridized carbons (Fsp3) is 0.100. The van der Waals surface area contributed by atoms with Gasteiger partial charge < -0.3 is 4.74 Å². The van der Waals surface area contributed by atoms with Crippen molar-refractivity contribution in [1.29, 1.82) is 0 Å². The predicted molar refractivity (Wildman–Crippen MR) is 141 cm³/mol. The molecule has 1 unspecified atom stereocenters. The molecule has 0 amide bonds. The average molecular weight is 584 g/mol. The molecule has 1 aliphatic rings. The average Bonchev–Trinajstić information content (AvgIpc) is 3.28. The first kappa shape index (κ1) is 25.9. The van der Waals surface area contributed by atoms with Gasteiger partial charge in [0.2, 0.25) is 0 Å². The summed E-state index contributed by atoms with van der Waals surface area (Å²) in [5.74, 6) is -1.66. The topological polar surface area (TPSA) is 21.6 Å². The fourth-order valence-electron chi connectivity index (χ4n) is 4.37. The van der Waals surface area contributed by atoms with Gasteiger partial charge in [-0.3, -0.25) is 4.99 Å². The highest BCUT2D eigenvalue weighted by atomic mass is 79.9. The second-order valence-corrected chi connectivity index (χ2v) is 9.63. The first-order valence-corrected chi connectivity index (χ1v) is 12.4. The molecule has 5 rings (SSSR count). The Kier molecular flexibility index (Phi) is 7.17. The van der Waals surface area contributed by atoms with E-state index in [0.29, 0.717) is 17.6 Å². The van der Waals surface area contributed by atoms with Crippen LogP contribution in [0.1, 0.15) is 29.2 Å². The minimum Gasteiger partial charge on any atom is -0.406 e. The fourth-order valence-corrected chi connectivity index (χ4v) is 4.63. The van der Waals surface area contributed by atoms with Crippen molar-refractivity contribution in [2.24, 2.45) is 4.99 Å². The van der Waals surface area contributed by atoms with E-state index in [2.05, 4.69) is 20.7 Å². The molecule has 192 valence electrons. The van der Waals surface area contributed by atoms with Crippen molar-refractivity contribution in [1.82, 2.24) is 0 Å². The standard InChI is InChI=1S/C30H19BrF5NO/c31-23-12-4-18(5-13-23)16-22-17-27(37-29(22)28-25(32)2-1-3-26(28)33)21-8-6-19(7-9-21)20-10-14-24(15-11-20)38-30(34,35)36/h1-16,27H,17H2. The molecule has 8 heteroatoms. The summed E-state index contributed by atoms with van der Waals surface area (Å²) >= 11 is 3.41. The van der Waals surface area contributed by atoms with Crippen LogP contribution in [0.15, 0.2) is 106 Å². The molecule has 0 N–H and O–H groups in total. The van der Waals surface area contributed by atoms with E-state index in [1.807, 2.05) is 54.6 Å². The normalized spacial score (nSPS) is 16.5. The first-order valence-electron chi connectivity index (χ1n) is 11.6. The molecule has 1 atom stereocenters. The van der Waals surface area contributed by atoms with Gasteiger partial charge in [0.15, 0.2) is 0 Å². The molecule has 38 heavy (non-hydrogen) atoms. The molecule has 0 saturated heterocycles. The molecule has 0 aliphatic carbocycles. The van der Waals surface area contributed by atoms with Gasteiger partial charge in [0, 0.05) is 10.9 Å². The Morgan fingerprint density at radius 2 is 1.37 bits per heavy atom. The number of hydrogen-bond acceptors (Lipinski definition) is 2. The van der Waals surface area contributed by atoms with Crippen LogP contribution in [-0.2, 0) is 0 Å². The molecule has 1 aliphatic heterocycles. The van der Waals surface area contributed by atoms with E-state index in [9.17, 15) is 22.0 Å². The number of halogens is 6.